The second-order valence-corrected chi connectivity index (χ2v) is 7.10. The largest absolute Gasteiger partial charge is 0.389 e. The standard InChI is InChI=1S/C12H15FN2O3S2/c1-12(4-5-18-7-12)15-20(16,17)8-2-3-10(13)9(6-8)11(14)19/h2-3,6,15H,4-5,7H2,1H3,(H2,14,19). The smallest absolute Gasteiger partial charge is 0.241 e. The van der Waals surface area contributed by atoms with Gasteiger partial charge < -0.3 is 10.5 Å². The second-order valence-electron chi connectivity index (χ2n) is 4.97. The summed E-state index contributed by atoms with van der Waals surface area (Å²) in [4.78, 5) is -0.259. The minimum Gasteiger partial charge on any atom is -0.389 e. The first-order chi connectivity index (χ1) is 9.23. The molecule has 3 N–H and O–H groups in total. The molecule has 0 spiro atoms. The van der Waals surface area contributed by atoms with Gasteiger partial charge in [-0.2, -0.15) is 0 Å². The Morgan fingerprint density at radius 3 is 2.80 bits per heavy atom. The Morgan fingerprint density at radius 2 is 2.25 bits per heavy atom. The fraction of sp³-hybridized carbons (Fsp3) is 0.417. The van der Waals surface area contributed by atoms with Gasteiger partial charge in [-0.25, -0.2) is 17.5 Å². The number of sulfonamides is 1. The highest BCUT2D eigenvalue weighted by atomic mass is 32.2. The van der Waals surface area contributed by atoms with E-state index in [1.54, 1.807) is 6.92 Å². The molecule has 1 aromatic rings. The van der Waals surface area contributed by atoms with Crippen LogP contribution in [0.15, 0.2) is 23.1 Å². The Balaban J connectivity index is 2.34. The molecule has 0 radical (unpaired) electrons. The predicted octanol–water partition coefficient (Wildman–Crippen LogP) is 0.917. The van der Waals surface area contributed by atoms with Gasteiger partial charge in [-0.1, -0.05) is 12.2 Å². The first kappa shape index (κ1) is 15.3. The Kier molecular flexibility index (Phi) is 4.10. The van der Waals surface area contributed by atoms with Crippen molar-refractivity contribution in [3.05, 3.63) is 29.6 Å². The number of nitrogens with two attached hydrogens (primary N) is 1. The minimum atomic E-state index is -3.79. The van der Waals surface area contributed by atoms with Crippen LogP contribution in [0.2, 0.25) is 0 Å². The van der Waals surface area contributed by atoms with Crippen LogP contribution in [0.4, 0.5) is 4.39 Å². The lowest BCUT2D eigenvalue weighted by Crippen LogP contribution is -2.46. The van der Waals surface area contributed by atoms with Crippen LogP contribution < -0.4 is 10.5 Å². The maximum absolute atomic E-state index is 13.5. The third kappa shape index (κ3) is 3.14. The number of rotatable bonds is 4. The topological polar surface area (TPSA) is 81.4 Å². The fourth-order valence-corrected chi connectivity index (χ4v) is 3.60. The van der Waals surface area contributed by atoms with Crippen LogP contribution in [0.5, 0.6) is 0 Å². The van der Waals surface area contributed by atoms with E-state index in [9.17, 15) is 12.8 Å². The molecule has 0 bridgehead atoms. The van der Waals surface area contributed by atoms with Crippen LogP contribution in [-0.4, -0.2) is 32.2 Å². The number of halogens is 1. The van der Waals surface area contributed by atoms with Gasteiger partial charge in [0.1, 0.15) is 10.8 Å². The van der Waals surface area contributed by atoms with Crippen molar-refractivity contribution in [2.45, 2.75) is 23.8 Å². The van der Waals surface area contributed by atoms with Crippen molar-refractivity contribution in [3.63, 3.8) is 0 Å². The van der Waals surface area contributed by atoms with E-state index in [1.165, 1.54) is 6.07 Å². The van der Waals surface area contributed by atoms with Gasteiger partial charge in [0, 0.05) is 12.2 Å². The molecule has 1 aliphatic heterocycles. The fourth-order valence-electron chi connectivity index (χ4n) is 1.99. The van der Waals surface area contributed by atoms with Gasteiger partial charge in [0.05, 0.1) is 17.0 Å². The van der Waals surface area contributed by atoms with Crippen molar-refractivity contribution < 1.29 is 17.5 Å². The molecular weight excluding hydrogens is 303 g/mol. The summed E-state index contributed by atoms with van der Waals surface area (Å²) in [5, 5.41) is 0. The third-order valence-electron chi connectivity index (χ3n) is 3.11. The predicted molar refractivity (Wildman–Crippen MR) is 76.4 cm³/mol. The van der Waals surface area contributed by atoms with E-state index in [1.807, 2.05) is 0 Å². The quantitative estimate of drug-likeness (QED) is 0.807. The second kappa shape index (κ2) is 5.36. The summed E-state index contributed by atoms with van der Waals surface area (Å²) in [7, 11) is -3.79. The van der Waals surface area contributed by atoms with Crippen molar-refractivity contribution in [2.75, 3.05) is 13.2 Å². The van der Waals surface area contributed by atoms with Crippen molar-refractivity contribution in [1.29, 1.82) is 0 Å². The van der Waals surface area contributed by atoms with Crippen LogP contribution in [0.3, 0.4) is 0 Å². The molecule has 1 atom stereocenters. The molecule has 5 nitrogen and oxygen atoms in total. The number of ether oxygens (including phenoxy) is 1. The number of hydrogen-bond acceptors (Lipinski definition) is 4. The Morgan fingerprint density at radius 1 is 1.55 bits per heavy atom. The zero-order chi connectivity index (χ0) is 15.0. The third-order valence-corrected chi connectivity index (χ3v) is 4.97. The summed E-state index contributed by atoms with van der Waals surface area (Å²) in [5.74, 6) is -0.646. The van der Waals surface area contributed by atoms with Gasteiger partial charge >= 0.3 is 0 Å². The average molecular weight is 318 g/mol. The molecule has 1 heterocycles. The van der Waals surface area contributed by atoms with Gasteiger partial charge in [0.25, 0.3) is 0 Å². The highest BCUT2D eigenvalue weighted by Gasteiger charge is 2.34. The van der Waals surface area contributed by atoms with Crippen molar-refractivity contribution >= 4 is 27.2 Å². The monoisotopic (exact) mass is 318 g/mol. The van der Waals surface area contributed by atoms with Gasteiger partial charge in [-0.3, -0.25) is 0 Å². The van der Waals surface area contributed by atoms with Gasteiger partial charge in [-0.15, -0.1) is 0 Å². The maximum atomic E-state index is 13.5. The lowest BCUT2D eigenvalue weighted by atomic mass is 10.0. The molecule has 1 saturated heterocycles. The molecule has 1 aliphatic rings. The first-order valence-electron chi connectivity index (χ1n) is 5.95. The molecule has 110 valence electrons. The lowest BCUT2D eigenvalue weighted by molar-refractivity contribution is 0.178. The number of thiocarbonyl (C=S) groups is 1. The molecular formula is C12H15FN2O3S2. The molecule has 0 aromatic heterocycles. The number of nitrogens with one attached hydrogen (secondary N) is 1. The summed E-state index contributed by atoms with van der Waals surface area (Å²) >= 11 is 4.70. The molecule has 1 aromatic carbocycles. The first-order valence-corrected chi connectivity index (χ1v) is 7.84. The molecule has 0 amide bonds. The van der Waals surface area contributed by atoms with E-state index >= 15 is 0 Å². The van der Waals surface area contributed by atoms with Crippen molar-refractivity contribution in [2.24, 2.45) is 5.73 Å². The van der Waals surface area contributed by atoms with E-state index in [0.717, 1.165) is 12.1 Å². The van der Waals surface area contributed by atoms with Crippen LogP contribution in [0.1, 0.15) is 18.9 Å². The molecule has 0 saturated carbocycles. The summed E-state index contributed by atoms with van der Waals surface area (Å²) in [6.07, 6.45) is 0.579. The average Bonchev–Trinajstić information content (AvgIpc) is 2.74. The van der Waals surface area contributed by atoms with E-state index in [0.29, 0.717) is 19.6 Å². The van der Waals surface area contributed by atoms with E-state index in [-0.39, 0.29) is 15.4 Å². The number of benzene rings is 1. The molecule has 0 aliphatic carbocycles. The Hall–Kier alpha value is -1.09. The highest BCUT2D eigenvalue weighted by molar-refractivity contribution is 7.89. The summed E-state index contributed by atoms with van der Waals surface area (Å²) in [6, 6.07) is 3.36. The lowest BCUT2D eigenvalue weighted by Gasteiger charge is -2.23. The van der Waals surface area contributed by atoms with Crippen LogP contribution in [0, 0.1) is 5.82 Å². The maximum Gasteiger partial charge on any atom is 0.241 e. The van der Waals surface area contributed by atoms with Crippen LogP contribution in [-0.2, 0) is 14.8 Å². The summed E-state index contributed by atoms with van der Waals surface area (Å²) in [5.41, 5.74) is 4.63. The Bertz CT molecular complexity index is 640. The van der Waals surface area contributed by atoms with Gasteiger partial charge in [0.15, 0.2) is 0 Å². The molecule has 20 heavy (non-hydrogen) atoms. The summed E-state index contributed by atoms with van der Waals surface area (Å²) < 4.78 is 45.9. The van der Waals surface area contributed by atoms with Crippen LogP contribution in [0.25, 0.3) is 0 Å². The van der Waals surface area contributed by atoms with E-state index in [2.05, 4.69) is 4.72 Å². The minimum absolute atomic E-state index is 0.0742. The summed E-state index contributed by atoms with van der Waals surface area (Å²) in [6.45, 7) is 2.56. The van der Waals surface area contributed by atoms with Gasteiger partial charge in [0.2, 0.25) is 10.0 Å². The van der Waals surface area contributed by atoms with Crippen molar-refractivity contribution in [1.82, 2.24) is 4.72 Å². The van der Waals surface area contributed by atoms with Crippen molar-refractivity contribution in [3.8, 4) is 0 Å². The van der Waals surface area contributed by atoms with E-state index < -0.39 is 21.4 Å². The molecule has 1 unspecified atom stereocenters. The van der Waals surface area contributed by atoms with Gasteiger partial charge in [-0.05, 0) is 31.5 Å². The van der Waals surface area contributed by atoms with Crippen LogP contribution >= 0.6 is 12.2 Å². The normalized spacial score (nSPS) is 22.9. The Labute approximate surface area is 122 Å². The zero-order valence-electron chi connectivity index (χ0n) is 10.8. The molecule has 2 rings (SSSR count). The highest BCUT2D eigenvalue weighted by Crippen LogP contribution is 2.22. The SMILES string of the molecule is CC1(NS(=O)(=O)c2ccc(F)c(C(N)=S)c2)CCOC1. The van der Waals surface area contributed by atoms with E-state index in [4.69, 9.17) is 22.7 Å². The zero-order valence-corrected chi connectivity index (χ0v) is 12.5. The molecule has 1 fully saturated rings. The molecule has 8 heteroatoms. The number of hydrogen-bond donors (Lipinski definition) is 2.